The molecule has 1 nitrogen and oxygen atoms in total. The van der Waals surface area contributed by atoms with Crippen LogP contribution in [0.1, 0.15) is 42.5 Å². The molecule has 2 rings (SSSR count). The van der Waals surface area contributed by atoms with Gasteiger partial charge in [-0.3, -0.25) is 0 Å². The molecule has 1 N–H and O–H groups in total. The number of benzene rings is 2. The Hall–Kier alpha value is -1.02. The van der Waals surface area contributed by atoms with Gasteiger partial charge in [-0.25, -0.2) is 0 Å². The van der Waals surface area contributed by atoms with Crippen LogP contribution in [-0.4, -0.2) is 7.05 Å². The zero-order valence-electron chi connectivity index (χ0n) is 12.5. The van der Waals surface area contributed by atoms with Crippen LogP contribution in [0, 0.1) is 0 Å². The van der Waals surface area contributed by atoms with Gasteiger partial charge in [-0.1, -0.05) is 60.8 Å². The highest BCUT2D eigenvalue weighted by Gasteiger charge is 2.13. The molecular formula is C18H21Cl2N. The minimum absolute atomic E-state index is 0.0985. The number of unbranched alkanes of at least 4 members (excludes halogenated alkanes) is 1. The molecule has 112 valence electrons. The smallest absolute Gasteiger partial charge is 0.0575 e. The van der Waals surface area contributed by atoms with E-state index in [1.54, 1.807) is 6.07 Å². The third-order valence-corrected chi connectivity index (χ3v) is 4.08. The number of halogens is 2. The molecule has 0 saturated heterocycles. The van der Waals surface area contributed by atoms with E-state index < -0.39 is 0 Å². The molecule has 0 radical (unpaired) electrons. The monoisotopic (exact) mass is 321 g/mol. The van der Waals surface area contributed by atoms with E-state index in [4.69, 9.17) is 23.2 Å². The van der Waals surface area contributed by atoms with Crippen LogP contribution in [0.5, 0.6) is 0 Å². The lowest BCUT2D eigenvalue weighted by molar-refractivity contribution is 0.691. The molecular weight excluding hydrogens is 301 g/mol. The van der Waals surface area contributed by atoms with Crippen LogP contribution in [0.25, 0.3) is 0 Å². The molecule has 0 heterocycles. The number of aryl methyl sites for hydroxylation is 1. The fourth-order valence-electron chi connectivity index (χ4n) is 2.53. The van der Waals surface area contributed by atoms with E-state index in [0.29, 0.717) is 10.0 Å². The quantitative estimate of drug-likeness (QED) is 0.725. The van der Waals surface area contributed by atoms with Crippen LogP contribution in [-0.2, 0) is 6.42 Å². The van der Waals surface area contributed by atoms with Gasteiger partial charge >= 0.3 is 0 Å². The summed E-state index contributed by atoms with van der Waals surface area (Å²) in [5.74, 6) is 0. The normalized spacial score (nSPS) is 12.4. The fourth-order valence-corrected chi connectivity index (χ4v) is 3.07. The van der Waals surface area contributed by atoms with Crippen molar-refractivity contribution < 1.29 is 0 Å². The second-order valence-corrected chi connectivity index (χ2v) is 6.14. The van der Waals surface area contributed by atoms with Gasteiger partial charge in [-0.15, -0.1) is 0 Å². The molecule has 3 heteroatoms. The van der Waals surface area contributed by atoms with Crippen LogP contribution in [0.3, 0.4) is 0 Å². The maximum Gasteiger partial charge on any atom is 0.0575 e. The maximum atomic E-state index is 6.11. The Morgan fingerprint density at radius 3 is 2.10 bits per heavy atom. The van der Waals surface area contributed by atoms with Crippen molar-refractivity contribution in [2.75, 3.05) is 7.05 Å². The number of hydrogen-bond acceptors (Lipinski definition) is 1. The lowest BCUT2D eigenvalue weighted by atomic mass is 9.97. The Bertz CT molecular complexity index is 558. The van der Waals surface area contributed by atoms with E-state index in [1.807, 2.05) is 19.2 Å². The van der Waals surface area contributed by atoms with E-state index >= 15 is 0 Å². The molecule has 1 atom stereocenters. The number of rotatable bonds is 6. The lowest BCUT2D eigenvalue weighted by Gasteiger charge is -2.18. The summed E-state index contributed by atoms with van der Waals surface area (Å²) in [5, 5.41) is 4.66. The zero-order valence-corrected chi connectivity index (χ0v) is 14.0. The van der Waals surface area contributed by atoms with E-state index in [2.05, 4.69) is 36.5 Å². The van der Waals surface area contributed by atoms with E-state index in [-0.39, 0.29) is 6.04 Å². The molecule has 0 aliphatic carbocycles. The van der Waals surface area contributed by atoms with Gasteiger partial charge in [0.15, 0.2) is 0 Å². The maximum absolute atomic E-state index is 6.11. The number of hydrogen-bond donors (Lipinski definition) is 1. The van der Waals surface area contributed by atoms with E-state index in [1.165, 1.54) is 24.0 Å². The van der Waals surface area contributed by atoms with Crippen molar-refractivity contribution in [3.05, 3.63) is 69.2 Å². The first-order valence-corrected chi connectivity index (χ1v) is 8.11. The Morgan fingerprint density at radius 1 is 0.952 bits per heavy atom. The molecule has 0 saturated carbocycles. The zero-order chi connectivity index (χ0) is 15.2. The second-order valence-electron chi connectivity index (χ2n) is 5.27. The molecule has 2 aromatic rings. The minimum atomic E-state index is 0.0985. The van der Waals surface area contributed by atoms with Gasteiger partial charge in [-0.2, -0.15) is 0 Å². The Labute approximate surface area is 137 Å². The molecule has 0 fully saturated rings. The van der Waals surface area contributed by atoms with Gasteiger partial charge in [0.1, 0.15) is 0 Å². The Balaban J connectivity index is 2.24. The predicted octanol–water partition coefficient (Wildman–Crippen LogP) is 5.64. The summed E-state index contributed by atoms with van der Waals surface area (Å²) in [6, 6.07) is 14.6. The molecule has 0 aliphatic heterocycles. The second kappa shape index (κ2) is 7.84. The number of nitrogens with one attached hydrogen (secondary N) is 1. The summed E-state index contributed by atoms with van der Waals surface area (Å²) in [4.78, 5) is 0. The van der Waals surface area contributed by atoms with Gasteiger partial charge in [0.05, 0.1) is 6.04 Å². The van der Waals surface area contributed by atoms with Crippen LogP contribution < -0.4 is 5.32 Å². The first-order chi connectivity index (χ1) is 10.1. The summed E-state index contributed by atoms with van der Waals surface area (Å²) in [5.41, 5.74) is 3.69. The van der Waals surface area contributed by atoms with Crippen molar-refractivity contribution in [3.8, 4) is 0 Å². The fraction of sp³-hybridized carbons (Fsp3) is 0.333. The van der Waals surface area contributed by atoms with Crippen molar-refractivity contribution in [2.45, 2.75) is 32.2 Å². The average molecular weight is 322 g/mol. The molecule has 0 aliphatic rings. The first kappa shape index (κ1) is 16.4. The Kier molecular flexibility index (Phi) is 6.10. The molecule has 0 aromatic heterocycles. The molecule has 21 heavy (non-hydrogen) atoms. The van der Waals surface area contributed by atoms with Crippen LogP contribution >= 0.6 is 23.2 Å². The molecule has 0 amide bonds. The Morgan fingerprint density at radius 2 is 1.57 bits per heavy atom. The van der Waals surface area contributed by atoms with Crippen molar-refractivity contribution in [1.29, 1.82) is 0 Å². The highest BCUT2D eigenvalue weighted by molar-refractivity contribution is 6.34. The minimum Gasteiger partial charge on any atom is -0.309 e. The third-order valence-electron chi connectivity index (χ3n) is 3.64. The summed E-state index contributed by atoms with van der Waals surface area (Å²) >= 11 is 12.2. The van der Waals surface area contributed by atoms with Crippen LogP contribution in [0.15, 0.2) is 42.5 Å². The van der Waals surface area contributed by atoms with Crippen LogP contribution in [0.4, 0.5) is 0 Å². The van der Waals surface area contributed by atoms with Crippen molar-refractivity contribution in [3.63, 3.8) is 0 Å². The third kappa shape index (κ3) is 4.47. The average Bonchev–Trinajstić information content (AvgIpc) is 2.46. The molecule has 0 bridgehead atoms. The highest BCUT2D eigenvalue weighted by atomic mass is 35.5. The molecule has 0 spiro atoms. The van der Waals surface area contributed by atoms with Crippen molar-refractivity contribution in [1.82, 2.24) is 5.32 Å². The van der Waals surface area contributed by atoms with Crippen LogP contribution in [0.2, 0.25) is 10.0 Å². The van der Waals surface area contributed by atoms with Gasteiger partial charge in [-0.05, 0) is 54.8 Å². The van der Waals surface area contributed by atoms with Gasteiger partial charge < -0.3 is 5.32 Å². The van der Waals surface area contributed by atoms with Gasteiger partial charge in [0, 0.05) is 10.0 Å². The first-order valence-electron chi connectivity index (χ1n) is 7.36. The van der Waals surface area contributed by atoms with Gasteiger partial charge in [0.2, 0.25) is 0 Å². The molecule has 2 aromatic carbocycles. The summed E-state index contributed by atoms with van der Waals surface area (Å²) < 4.78 is 0. The van der Waals surface area contributed by atoms with Crippen molar-refractivity contribution >= 4 is 23.2 Å². The standard InChI is InChI=1S/C18H21Cl2N/c1-3-4-5-13-6-8-14(9-7-13)18(21-2)15-10-16(19)12-17(20)11-15/h6-12,18,21H,3-5H2,1-2H3. The summed E-state index contributed by atoms with van der Waals surface area (Å²) in [6.07, 6.45) is 3.60. The van der Waals surface area contributed by atoms with Gasteiger partial charge in [0.25, 0.3) is 0 Å². The molecule has 1 unspecified atom stereocenters. The lowest BCUT2D eigenvalue weighted by Crippen LogP contribution is -2.17. The topological polar surface area (TPSA) is 12.0 Å². The SMILES string of the molecule is CCCCc1ccc(C(NC)c2cc(Cl)cc(Cl)c2)cc1. The summed E-state index contributed by atoms with van der Waals surface area (Å²) in [7, 11) is 1.95. The predicted molar refractivity (Wildman–Crippen MR) is 92.4 cm³/mol. The van der Waals surface area contributed by atoms with E-state index in [9.17, 15) is 0 Å². The van der Waals surface area contributed by atoms with Crippen molar-refractivity contribution in [2.24, 2.45) is 0 Å². The van der Waals surface area contributed by atoms with E-state index in [0.717, 1.165) is 12.0 Å². The largest absolute Gasteiger partial charge is 0.309 e. The highest BCUT2D eigenvalue weighted by Crippen LogP contribution is 2.28. The summed E-state index contributed by atoms with van der Waals surface area (Å²) in [6.45, 7) is 2.22.